The lowest BCUT2D eigenvalue weighted by atomic mass is 10.1. The molecule has 0 saturated carbocycles. The number of halogens is 1. The van der Waals surface area contributed by atoms with Crippen molar-refractivity contribution in [3.63, 3.8) is 0 Å². The average Bonchev–Trinajstić information content (AvgIpc) is 3.09. The maximum absolute atomic E-state index is 12.6. The molecule has 0 unspecified atom stereocenters. The molecule has 0 aliphatic rings. The van der Waals surface area contributed by atoms with Crippen LogP contribution in [0.15, 0.2) is 51.4 Å². The van der Waals surface area contributed by atoms with Gasteiger partial charge in [0, 0.05) is 10.0 Å². The molecule has 25 heavy (non-hydrogen) atoms. The van der Waals surface area contributed by atoms with Gasteiger partial charge >= 0.3 is 6.01 Å². The first-order chi connectivity index (χ1) is 12.1. The molecule has 0 bridgehead atoms. The largest absolute Gasteiger partial charge is 0.496 e. The van der Waals surface area contributed by atoms with E-state index >= 15 is 0 Å². The minimum atomic E-state index is -0.472. The first-order valence-corrected chi connectivity index (χ1v) is 8.03. The van der Waals surface area contributed by atoms with Crippen LogP contribution < -0.4 is 14.8 Å². The van der Waals surface area contributed by atoms with E-state index in [-0.39, 0.29) is 11.6 Å². The van der Waals surface area contributed by atoms with E-state index in [1.807, 2.05) is 24.3 Å². The molecule has 0 atom stereocenters. The zero-order valence-corrected chi connectivity index (χ0v) is 15.0. The number of hydrogen-bond donors (Lipinski definition) is 1. The van der Waals surface area contributed by atoms with Crippen molar-refractivity contribution in [3.05, 3.63) is 52.5 Å². The highest BCUT2D eigenvalue weighted by atomic mass is 79.9. The topological polar surface area (TPSA) is 86.5 Å². The maximum Gasteiger partial charge on any atom is 0.322 e. The van der Waals surface area contributed by atoms with Crippen LogP contribution in [0, 0.1) is 0 Å². The fraction of sp³-hybridized carbons (Fsp3) is 0.118. The molecule has 0 aliphatic carbocycles. The van der Waals surface area contributed by atoms with Gasteiger partial charge in [-0.05, 0) is 36.4 Å². The maximum atomic E-state index is 12.6. The van der Waals surface area contributed by atoms with Crippen LogP contribution in [-0.4, -0.2) is 30.3 Å². The number of carbonyl (C=O) groups is 1. The molecule has 7 nitrogen and oxygen atoms in total. The van der Waals surface area contributed by atoms with Crippen molar-refractivity contribution in [1.29, 1.82) is 0 Å². The molecular formula is C17H14BrN3O4. The fourth-order valence-corrected chi connectivity index (χ4v) is 2.48. The summed E-state index contributed by atoms with van der Waals surface area (Å²) in [5.74, 6) is 0.587. The van der Waals surface area contributed by atoms with Crippen molar-refractivity contribution in [2.45, 2.75) is 0 Å². The quantitative estimate of drug-likeness (QED) is 0.697. The van der Waals surface area contributed by atoms with E-state index in [1.54, 1.807) is 18.2 Å². The molecule has 0 saturated heterocycles. The van der Waals surface area contributed by atoms with E-state index in [0.717, 1.165) is 10.0 Å². The third kappa shape index (κ3) is 3.63. The third-order valence-corrected chi connectivity index (χ3v) is 3.92. The summed E-state index contributed by atoms with van der Waals surface area (Å²) in [7, 11) is 2.95. The molecule has 0 radical (unpaired) electrons. The smallest absolute Gasteiger partial charge is 0.322 e. The van der Waals surface area contributed by atoms with Gasteiger partial charge in [-0.3, -0.25) is 10.1 Å². The normalized spacial score (nSPS) is 10.4. The summed E-state index contributed by atoms with van der Waals surface area (Å²) in [5, 5.41) is 10.3. The van der Waals surface area contributed by atoms with Crippen molar-refractivity contribution >= 4 is 27.9 Å². The van der Waals surface area contributed by atoms with Crippen molar-refractivity contribution in [3.8, 4) is 23.0 Å². The van der Waals surface area contributed by atoms with Gasteiger partial charge in [0.15, 0.2) is 0 Å². The Morgan fingerprint density at radius 1 is 1.04 bits per heavy atom. The number of rotatable bonds is 5. The number of nitrogens with zero attached hydrogens (tertiary/aromatic N) is 2. The Bertz CT molecular complexity index is 871. The summed E-state index contributed by atoms with van der Waals surface area (Å²) >= 11 is 3.36. The average molecular weight is 404 g/mol. The van der Waals surface area contributed by atoms with Gasteiger partial charge in [0.1, 0.15) is 17.1 Å². The zero-order valence-electron chi connectivity index (χ0n) is 13.4. The first kappa shape index (κ1) is 17.0. The second-order valence-electron chi connectivity index (χ2n) is 4.91. The van der Waals surface area contributed by atoms with Gasteiger partial charge in [0.2, 0.25) is 5.89 Å². The first-order valence-electron chi connectivity index (χ1n) is 7.24. The lowest BCUT2D eigenvalue weighted by Gasteiger charge is -2.11. The van der Waals surface area contributed by atoms with Crippen LogP contribution in [0.3, 0.4) is 0 Å². The second kappa shape index (κ2) is 7.35. The minimum absolute atomic E-state index is 0.0177. The van der Waals surface area contributed by atoms with Crippen molar-refractivity contribution in [2.75, 3.05) is 19.5 Å². The summed E-state index contributed by atoms with van der Waals surface area (Å²) in [5.41, 5.74) is 0.988. The molecule has 1 heterocycles. The number of amides is 1. The number of nitrogens with one attached hydrogen (secondary N) is 1. The van der Waals surface area contributed by atoms with Crippen molar-refractivity contribution < 1.29 is 18.7 Å². The van der Waals surface area contributed by atoms with E-state index in [0.29, 0.717) is 17.4 Å². The van der Waals surface area contributed by atoms with Gasteiger partial charge in [-0.2, -0.15) is 0 Å². The van der Waals surface area contributed by atoms with Crippen LogP contribution in [0.2, 0.25) is 0 Å². The highest BCUT2D eigenvalue weighted by molar-refractivity contribution is 9.10. The van der Waals surface area contributed by atoms with Crippen LogP contribution in [0.5, 0.6) is 11.5 Å². The Morgan fingerprint density at radius 2 is 1.68 bits per heavy atom. The fourth-order valence-electron chi connectivity index (χ4n) is 2.22. The van der Waals surface area contributed by atoms with Gasteiger partial charge in [-0.1, -0.05) is 27.1 Å². The Morgan fingerprint density at radius 3 is 2.28 bits per heavy atom. The standard InChI is InChI=1S/C17H14BrN3O4/c1-23-12-4-3-5-13(24-2)14(12)15(22)19-17-21-20-16(25-17)10-6-8-11(18)9-7-10/h3-9H,1-2H3,(H,19,21,22). The number of aromatic nitrogens is 2. The summed E-state index contributed by atoms with van der Waals surface area (Å²) < 4.78 is 16.9. The monoisotopic (exact) mass is 403 g/mol. The molecule has 128 valence electrons. The number of methoxy groups -OCH3 is 2. The highest BCUT2D eigenvalue weighted by Crippen LogP contribution is 2.29. The number of hydrogen-bond acceptors (Lipinski definition) is 6. The predicted octanol–water partition coefficient (Wildman–Crippen LogP) is 3.77. The molecule has 1 amide bonds. The van der Waals surface area contributed by atoms with Crippen LogP contribution in [0.25, 0.3) is 11.5 Å². The van der Waals surface area contributed by atoms with E-state index < -0.39 is 5.91 Å². The van der Waals surface area contributed by atoms with Crippen LogP contribution >= 0.6 is 15.9 Å². The highest BCUT2D eigenvalue weighted by Gasteiger charge is 2.20. The van der Waals surface area contributed by atoms with Gasteiger partial charge in [-0.25, -0.2) is 0 Å². The number of anilines is 1. The Kier molecular flexibility index (Phi) is 4.99. The summed E-state index contributed by atoms with van der Waals surface area (Å²) in [6, 6.07) is 12.4. The lowest BCUT2D eigenvalue weighted by molar-refractivity contribution is 0.101. The van der Waals surface area contributed by atoms with E-state index in [2.05, 4.69) is 31.4 Å². The molecule has 2 aromatic carbocycles. The Hall–Kier alpha value is -2.87. The minimum Gasteiger partial charge on any atom is -0.496 e. The molecule has 3 aromatic rings. The van der Waals surface area contributed by atoms with Crippen LogP contribution in [0.1, 0.15) is 10.4 Å². The van der Waals surface area contributed by atoms with Crippen LogP contribution in [0.4, 0.5) is 6.01 Å². The van der Waals surface area contributed by atoms with Gasteiger partial charge in [0.05, 0.1) is 14.2 Å². The summed E-state index contributed by atoms with van der Waals surface area (Å²) in [6.07, 6.45) is 0. The molecule has 0 spiro atoms. The van der Waals surface area contributed by atoms with Gasteiger partial charge in [-0.15, -0.1) is 5.10 Å². The Labute approximate surface area is 152 Å². The molecular weight excluding hydrogens is 390 g/mol. The molecule has 1 aromatic heterocycles. The number of benzene rings is 2. The SMILES string of the molecule is COc1cccc(OC)c1C(=O)Nc1nnc(-c2ccc(Br)cc2)o1. The van der Waals surface area contributed by atoms with E-state index in [1.165, 1.54) is 14.2 Å². The lowest BCUT2D eigenvalue weighted by Crippen LogP contribution is -2.14. The zero-order chi connectivity index (χ0) is 17.8. The van der Waals surface area contributed by atoms with Crippen molar-refractivity contribution in [1.82, 2.24) is 10.2 Å². The predicted molar refractivity (Wildman–Crippen MR) is 94.9 cm³/mol. The van der Waals surface area contributed by atoms with E-state index in [4.69, 9.17) is 13.9 Å². The van der Waals surface area contributed by atoms with Crippen LogP contribution in [-0.2, 0) is 0 Å². The number of ether oxygens (including phenoxy) is 2. The second-order valence-corrected chi connectivity index (χ2v) is 5.83. The Balaban J connectivity index is 1.84. The molecule has 8 heteroatoms. The molecule has 0 fully saturated rings. The van der Waals surface area contributed by atoms with Gasteiger partial charge in [0.25, 0.3) is 5.91 Å². The van der Waals surface area contributed by atoms with Gasteiger partial charge < -0.3 is 13.9 Å². The summed E-state index contributed by atoms with van der Waals surface area (Å²) in [4.78, 5) is 12.6. The van der Waals surface area contributed by atoms with Crippen molar-refractivity contribution in [2.24, 2.45) is 0 Å². The molecule has 3 rings (SSSR count). The third-order valence-electron chi connectivity index (χ3n) is 3.39. The number of carbonyl (C=O) groups excluding carboxylic acids is 1. The summed E-state index contributed by atoms with van der Waals surface area (Å²) in [6.45, 7) is 0. The molecule has 0 aliphatic heterocycles. The van der Waals surface area contributed by atoms with E-state index in [9.17, 15) is 4.79 Å². The molecule has 1 N–H and O–H groups in total.